The van der Waals surface area contributed by atoms with Gasteiger partial charge in [-0.25, -0.2) is 6.54 Å². The zero-order chi connectivity index (χ0) is 14.5. The first kappa shape index (κ1) is 20.0. The minimum absolute atomic E-state index is 0. The van der Waals surface area contributed by atoms with E-state index >= 15 is 0 Å². The van der Waals surface area contributed by atoms with Gasteiger partial charge in [-0.1, -0.05) is 29.8 Å². The van der Waals surface area contributed by atoms with Gasteiger partial charge in [-0.3, -0.25) is 4.79 Å². The largest absolute Gasteiger partial charge is 1.00 e. The molecular weight excluding hydrogens is 375 g/mol. The van der Waals surface area contributed by atoms with E-state index in [9.17, 15) is 9.59 Å². The zero-order valence-corrected chi connectivity index (χ0v) is 18.8. The molecule has 20 heavy (non-hydrogen) atoms. The molecule has 1 fully saturated rings. The van der Waals surface area contributed by atoms with Crippen LogP contribution in [0.1, 0.15) is 25.0 Å². The van der Waals surface area contributed by atoms with Crippen LogP contribution < -0.4 is 85.3 Å². The van der Waals surface area contributed by atoms with Crippen LogP contribution in [0.2, 0.25) is 0 Å². The molecule has 6 heteroatoms. The van der Waals surface area contributed by atoms with E-state index < -0.39 is 5.54 Å². The monoisotopic (exact) mass is 395 g/mol. The van der Waals surface area contributed by atoms with Crippen molar-refractivity contribution < 1.29 is 78.5 Å². The molecule has 1 aliphatic heterocycles. The standard InChI is InChI=1S/C8H11N.C6H9N2O2.Cs/c1-7-3-2-4-8(5-7)6-9;1-6(2)5(10)7-3-4(9)8-6;/h2-5H,6,9H2,1H3;3H,1-2H3,(H,7,10)(H,8,9);/q;-1;+1. The van der Waals surface area contributed by atoms with E-state index in [4.69, 9.17) is 5.73 Å². The topological polar surface area (TPSA) is 84.2 Å². The number of amides is 2. The van der Waals surface area contributed by atoms with Crippen molar-refractivity contribution in [3.05, 3.63) is 41.9 Å². The molecule has 1 heterocycles. The third-order valence-electron chi connectivity index (χ3n) is 2.66. The average Bonchev–Trinajstić information content (AvgIpc) is 2.34. The maximum atomic E-state index is 10.9. The number of nitrogens with one attached hydrogen (secondary N) is 2. The Morgan fingerprint density at radius 1 is 1.30 bits per heavy atom. The maximum absolute atomic E-state index is 10.9. The average molecular weight is 395 g/mol. The van der Waals surface area contributed by atoms with E-state index in [-0.39, 0.29) is 80.7 Å². The van der Waals surface area contributed by atoms with Gasteiger partial charge in [-0.2, -0.15) is 0 Å². The van der Waals surface area contributed by atoms with E-state index in [1.165, 1.54) is 11.1 Å². The van der Waals surface area contributed by atoms with Gasteiger partial charge in [-0.05, 0) is 26.3 Å². The Bertz CT molecular complexity index is 475. The summed E-state index contributed by atoms with van der Waals surface area (Å²) in [5.74, 6) is -0.447. The summed E-state index contributed by atoms with van der Waals surface area (Å²) in [6, 6.07) is 8.23. The van der Waals surface area contributed by atoms with Crippen LogP contribution in [0.5, 0.6) is 0 Å². The van der Waals surface area contributed by atoms with Crippen LogP contribution in [-0.2, 0) is 16.1 Å². The van der Waals surface area contributed by atoms with Crippen LogP contribution >= 0.6 is 0 Å². The van der Waals surface area contributed by atoms with Gasteiger partial charge in [0.25, 0.3) is 0 Å². The third-order valence-corrected chi connectivity index (χ3v) is 2.66. The smallest absolute Gasteiger partial charge is 0.480 e. The van der Waals surface area contributed by atoms with Gasteiger partial charge in [0.1, 0.15) is 11.4 Å². The molecule has 0 aliphatic carbocycles. The molecule has 0 spiro atoms. The summed E-state index contributed by atoms with van der Waals surface area (Å²) < 4.78 is 0. The molecule has 1 aliphatic rings. The van der Waals surface area contributed by atoms with Gasteiger partial charge >= 0.3 is 68.9 Å². The number of carbonyl (C=O) groups is 2. The quantitative estimate of drug-likeness (QED) is 0.465. The van der Waals surface area contributed by atoms with Crippen molar-refractivity contribution >= 4 is 11.8 Å². The molecule has 104 valence electrons. The summed E-state index contributed by atoms with van der Waals surface area (Å²) >= 11 is 0. The van der Waals surface area contributed by atoms with Crippen molar-refractivity contribution in [2.24, 2.45) is 5.73 Å². The summed E-state index contributed by atoms with van der Waals surface area (Å²) in [6.45, 7) is 7.12. The minimum atomic E-state index is -0.772. The predicted octanol–water partition coefficient (Wildman–Crippen LogP) is -2.37. The second-order valence-corrected chi connectivity index (χ2v) is 4.93. The molecule has 1 aromatic carbocycles. The van der Waals surface area contributed by atoms with Gasteiger partial charge in [0.2, 0.25) is 5.91 Å². The van der Waals surface area contributed by atoms with Crippen LogP contribution in [0, 0.1) is 13.5 Å². The normalized spacial score (nSPS) is 15.6. The first-order chi connectivity index (χ1) is 8.85. The Balaban J connectivity index is 0.000000345. The van der Waals surface area contributed by atoms with Crippen molar-refractivity contribution in [3.63, 3.8) is 0 Å². The number of hydrogen-bond donors (Lipinski definition) is 3. The first-order valence-corrected chi connectivity index (χ1v) is 6.07. The third kappa shape index (κ3) is 6.66. The summed E-state index contributed by atoms with van der Waals surface area (Å²) in [5.41, 5.74) is 7.13. The molecule has 0 saturated carbocycles. The Morgan fingerprint density at radius 3 is 2.35 bits per heavy atom. The molecule has 5 nitrogen and oxygen atoms in total. The molecule has 4 N–H and O–H groups in total. The molecule has 0 unspecified atom stereocenters. The van der Waals surface area contributed by atoms with E-state index in [1.807, 2.05) is 12.1 Å². The number of rotatable bonds is 1. The number of piperazine rings is 1. The fourth-order valence-corrected chi connectivity index (χ4v) is 1.55. The Morgan fingerprint density at radius 2 is 1.95 bits per heavy atom. The number of aryl methyl sites for hydroxylation is 1. The van der Waals surface area contributed by atoms with Crippen LogP contribution in [0.25, 0.3) is 0 Å². The number of nitrogens with two attached hydrogens (primary N) is 1. The van der Waals surface area contributed by atoms with Crippen molar-refractivity contribution in [1.29, 1.82) is 0 Å². The summed E-state index contributed by atoms with van der Waals surface area (Å²) in [6.07, 6.45) is 0. The SMILES string of the molecule is CC1(C)NC(=O)[CH-]NC1=O.Cc1cccc(CN)c1.[Cs+]. The molecule has 0 radical (unpaired) electrons. The second kappa shape index (κ2) is 9.14. The molecule has 1 aromatic rings. The van der Waals surface area contributed by atoms with Crippen molar-refractivity contribution in [2.75, 3.05) is 0 Å². The minimum Gasteiger partial charge on any atom is -0.480 e. The Hall–Kier alpha value is 0.0419. The second-order valence-electron chi connectivity index (χ2n) is 4.93. The van der Waals surface area contributed by atoms with E-state index in [0.717, 1.165) is 6.54 Å². The Kier molecular flexibility index (Phi) is 9.16. The van der Waals surface area contributed by atoms with Crippen LogP contribution in [0.4, 0.5) is 0 Å². The van der Waals surface area contributed by atoms with Gasteiger partial charge in [-0.15, -0.1) is 0 Å². The summed E-state index contributed by atoms with van der Waals surface area (Å²) in [4.78, 5) is 21.5. The zero-order valence-electron chi connectivity index (χ0n) is 12.5. The van der Waals surface area contributed by atoms with Crippen molar-refractivity contribution in [2.45, 2.75) is 32.9 Å². The van der Waals surface area contributed by atoms with Crippen molar-refractivity contribution in [3.8, 4) is 0 Å². The maximum Gasteiger partial charge on any atom is 1.00 e. The number of carbonyl (C=O) groups excluding carboxylic acids is 2. The van der Waals surface area contributed by atoms with E-state index in [1.54, 1.807) is 13.8 Å². The van der Waals surface area contributed by atoms with Gasteiger partial charge in [0, 0.05) is 6.54 Å². The van der Waals surface area contributed by atoms with Gasteiger partial charge in [0.15, 0.2) is 0 Å². The fourth-order valence-electron chi connectivity index (χ4n) is 1.55. The molecular formula is C14H20CsN3O2. The van der Waals surface area contributed by atoms with Gasteiger partial charge < -0.3 is 21.2 Å². The summed E-state index contributed by atoms with van der Waals surface area (Å²) in [7, 11) is 0. The van der Waals surface area contributed by atoms with E-state index in [0.29, 0.717) is 6.54 Å². The molecule has 0 aromatic heterocycles. The molecule has 0 bridgehead atoms. The predicted molar refractivity (Wildman–Crippen MR) is 73.7 cm³/mol. The molecule has 2 rings (SSSR count). The number of benzene rings is 1. The number of hydrogen-bond acceptors (Lipinski definition) is 3. The Labute approximate surface area is 178 Å². The van der Waals surface area contributed by atoms with E-state index in [2.05, 4.69) is 29.7 Å². The van der Waals surface area contributed by atoms with Crippen LogP contribution in [-0.4, -0.2) is 17.4 Å². The van der Waals surface area contributed by atoms with Crippen LogP contribution in [0.3, 0.4) is 0 Å². The molecule has 0 atom stereocenters. The molecule has 2 amide bonds. The van der Waals surface area contributed by atoms with Crippen molar-refractivity contribution in [1.82, 2.24) is 10.6 Å². The molecule has 1 saturated heterocycles. The first-order valence-electron chi connectivity index (χ1n) is 6.07. The van der Waals surface area contributed by atoms with Crippen LogP contribution in [0.15, 0.2) is 24.3 Å². The van der Waals surface area contributed by atoms with Gasteiger partial charge in [0.05, 0.1) is 0 Å². The summed E-state index contributed by atoms with van der Waals surface area (Å²) in [5, 5.41) is 4.84. The fraction of sp³-hybridized carbons (Fsp3) is 0.357.